The number of carbonyl (C=O) groups is 1. The maximum Gasteiger partial charge on any atom is 0.338 e. The lowest BCUT2D eigenvalue weighted by Gasteiger charge is -2.11. The van der Waals surface area contributed by atoms with Crippen molar-refractivity contribution in [2.24, 2.45) is 5.73 Å². The van der Waals surface area contributed by atoms with Gasteiger partial charge in [-0.25, -0.2) is 17.9 Å². The summed E-state index contributed by atoms with van der Waals surface area (Å²) in [6.45, 7) is 1.91. The Morgan fingerprint density at radius 2 is 2.11 bits per heavy atom. The van der Waals surface area contributed by atoms with Crippen molar-refractivity contribution in [3.05, 3.63) is 29.3 Å². The van der Waals surface area contributed by atoms with Crippen LogP contribution in [-0.4, -0.2) is 34.6 Å². The number of hydrogen-bond donors (Lipinski definition) is 2. The van der Waals surface area contributed by atoms with Crippen LogP contribution < -0.4 is 10.5 Å². The summed E-state index contributed by atoms with van der Waals surface area (Å²) in [7, 11) is -2.41. The van der Waals surface area contributed by atoms with Crippen molar-refractivity contribution >= 4 is 16.0 Å². The second-order valence-electron chi connectivity index (χ2n) is 3.61. The standard InChI is InChI=1S/C11H16N2O4S/c1-8-9(11(14)17-2)4-3-5-10(8)18(15,16)13-7-6-12/h3-5,13H,6-7,12H2,1-2H3. The second-order valence-corrected chi connectivity index (χ2v) is 5.34. The van der Waals surface area contributed by atoms with E-state index in [0.29, 0.717) is 5.56 Å². The zero-order valence-corrected chi connectivity index (χ0v) is 11.1. The van der Waals surface area contributed by atoms with Gasteiger partial charge < -0.3 is 10.5 Å². The van der Waals surface area contributed by atoms with E-state index in [1.165, 1.54) is 25.3 Å². The number of ether oxygens (including phenoxy) is 1. The quantitative estimate of drug-likeness (QED) is 0.736. The molecule has 0 saturated heterocycles. The van der Waals surface area contributed by atoms with Crippen molar-refractivity contribution in [3.8, 4) is 0 Å². The average molecular weight is 272 g/mol. The first-order chi connectivity index (χ1) is 8.44. The highest BCUT2D eigenvalue weighted by Gasteiger charge is 2.20. The summed E-state index contributed by atoms with van der Waals surface area (Å²) in [6.07, 6.45) is 0. The van der Waals surface area contributed by atoms with Gasteiger partial charge in [-0.05, 0) is 24.6 Å². The van der Waals surface area contributed by atoms with Crippen LogP contribution in [0.25, 0.3) is 0 Å². The first kappa shape index (κ1) is 14.6. The smallest absolute Gasteiger partial charge is 0.338 e. The summed E-state index contributed by atoms with van der Waals surface area (Å²) in [5, 5.41) is 0. The molecule has 100 valence electrons. The van der Waals surface area contributed by atoms with Crippen LogP contribution in [0.3, 0.4) is 0 Å². The van der Waals surface area contributed by atoms with Gasteiger partial charge >= 0.3 is 5.97 Å². The molecule has 0 aromatic heterocycles. The fraction of sp³-hybridized carbons (Fsp3) is 0.364. The van der Waals surface area contributed by atoms with Crippen molar-refractivity contribution in [3.63, 3.8) is 0 Å². The molecule has 0 aliphatic rings. The van der Waals surface area contributed by atoms with Crippen molar-refractivity contribution in [2.45, 2.75) is 11.8 Å². The molecule has 0 amide bonds. The number of nitrogens with one attached hydrogen (secondary N) is 1. The topological polar surface area (TPSA) is 98.5 Å². The molecule has 0 atom stereocenters. The number of methoxy groups -OCH3 is 1. The maximum absolute atomic E-state index is 12.0. The Morgan fingerprint density at radius 3 is 2.67 bits per heavy atom. The summed E-state index contributed by atoms with van der Waals surface area (Å²) in [4.78, 5) is 11.5. The van der Waals surface area contributed by atoms with E-state index in [4.69, 9.17) is 5.73 Å². The third kappa shape index (κ3) is 3.06. The minimum Gasteiger partial charge on any atom is -0.465 e. The SMILES string of the molecule is COC(=O)c1cccc(S(=O)(=O)NCCN)c1C. The van der Waals surface area contributed by atoms with Gasteiger partial charge in [0.25, 0.3) is 0 Å². The molecule has 18 heavy (non-hydrogen) atoms. The lowest BCUT2D eigenvalue weighted by Crippen LogP contribution is -2.30. The maximum atomic E-state index is 12.0. The largest absolute Gasteiger partial charge is 0.465 e. The van der Waals surface area contributed by atoms with Gasteiger partial charge in [-0.2, -0.15) is 0 Å². The van der Waals surface area contributed by atoms with Gasteiger partial charge in [0, 0.05) is 13.1 Å². The molecule has 0 aliphatic heterocycles. The van der Waals surface area contributed by atoms with Crippen LogP contribution in [-0.2, 0) is 14.8 Å². The number of nitrogens with two attached hydrogens (primary N) is 1. The number of hydrogen-bond acceptors (Lipinski definition) is 5. The summed E-state index contributed by atoms with van der Waals surface area (Å²) >= 11 is 0. The van der Waals surface area contributed by atoms with Gasteiger partial charge in [-0.1, -0.05) is 6.07 Å². The molecular weight excluding hydrogens is 256 g/mol. The third-order valence-electron chi connectivity index (χ3n) is 2.42. The van der Waals surface area contributed by atoms with Crippen molar-refractivity contribution in [1.82, 2.24) is 4.72 Å². The molecule has 0 radical (unpaired) electrons. The van der Waals surface area contributed by atoms with Crippen LogP contribution in [0.15, 0.2) is 23.1 Å². The molecule has 0 fully saturated rings. The van der Waals surface area contributed by atoms with E-state index in [-0.39, 0.29) is 23.5 Å². The molecule has 3 N–H and O–H groups in total. The average Bonchev–Trinajstić information content (AvgIpc) is 2.35. The Bertz CT molecular complexity index is 540. The number of esters is 1. The van der Waals surface area contributed by atoms with Crippen LogP contribution in [0.1, 0.15) is 15.9 Å². The molecule has 7 heteroatoms. The molecule has 1 aromatic carbocycles. The van der Waals surface area contributed by atoms with Gasteiger partial charge in [-0.3, -0.25) is 0 Å². The molecule has 6 nitrogen and oxygen atoms in total. The Labute approximate surface area is 106 Å². The van der Waals surface area contributed by atoms with Crippen LogP contribution >= 0.6 is 0 Å². The summed E-state index contributed by atoms with van der Waals surface area (Å²) < 4.78 is 30.8. The minimum atomic E-state index is -3.66. The monoisotopic (exact) mass is 272 g/mol. The predicted molar refractivity (Wildman–Crippen MR) is 66.8 cm³/mol. The zero-order valence-electron chi connectivity index (χ0n) is 10.3. The highest BCUT2D eigenvalue weighted by molar-refractivity contribution is 7.89. The molecule has 0 spiro atoms. The number of rotatable bonds is 5. The summed E-state index contributed by atoms with van der Waals surface area (Å²) in [6, 6.07) is 4.44. The van der Waals surface area contributed by atoms with Gasteiger partial charge in [0.2, 0.25) is 10.0 Å². The number of sulfonamides is 1. The first-order valence-electron chi connectivity index (χ1n) is 5.31. The van der Waals surface area contributed by atoms with Crippen molar-refractivity contribution in [1.29, 1.82) is 0 Å². The van der Waals surface area contributed by atoms with E-state index in [9.17, 15) is 13.2 Å². The predicted octanol–water partition coefficient (Wildman–Crippen LogP) is 0.0186. The van der Waals surface area contributed by atoms with E-state index in [0.717, 1.165) is 0 Å². The lowest BCUT2D eigenvalue weighted by atomic mass is 10.1. The number of benzene rings is 1. The normalized spacial score (nSPS) is 11.3. The number of carbonyl (C=O) groups excluding carboxylic acids is 1. The molecule has 1 aromatic rings. The molecule has 0 saturated carbocycles. The van der Waals surface area contributed by atoms with E-state index in [2.05, 4.69) is 9.46 Å². The van der Waals surface area contributed by atoms with Crippen LogP contribution in [0.2, 0.25) is 0 Å². The minimum absolute atomic E-state index is 0.0545. The van der Waals surface area contributed by atoms with E-state index in [1.54, 1.807) is 6.92 Å². The zero-order chi connectivity index (χ0) is 13.8. The molecule has 1 rings (SSSR count). The summed E-state index contributed by atoms with van der Waals surface area (Å²) in [5.41, 5.74) is 5.84. The lowest BCUT2D eigenvalue weighted by molar-refractivity contribution is 0.0599. The fourth-order valence-electron chi connectivity index (χ4n) is 1.51. The Morgan fingerprint density at radius 1 is 1.44 bits per heavy atom. The van der Waals surface area contributed by atoms with Gasteiger partial charge in [0.05, 0.1) is 17.6 Å². The second kappa shape index (κ2) is 5.94. The van der Waals surface area contributed by atoms with Crippen LogP contribution in [0, 0.1) is 6.92 Å². The van der Waals surface area contributed by atoms with Crippen LogP contribution in [0.5, 0.6) is 0 Å². The fourth-order valence-corrected chi connectivity index (χ4v) is 2.82. The van der Waals surface area contributed by atoms with Crippen molar-refractivity contribution in [2.75, 3.05) is 20.2 Å². The van der Waals surface area contributed by atoms with Crippen molar-refractivity contribution < 1.29 is 17.9 Å². The third-order valence-corrected chi connectivity index (χ3v) is 4.02. The highest BCUT2D eigenvalue weighted by atomic mass is 32.2. The molecule has 0 bridgehead atoms. The van der Waals surface area contributed by atoms with Gasteiger partial charge in [-0.15, -0.1) is 0 Å². The van der Waals surface area contributed by atoms with E-state index in [1.807, 2.05) is 0 Å². The Kier molecular flexibility index (Phi) is 4.83. The molecule has 0 heterocycles. The van der Waals surface area contributed by atoms with Gasteiger partial charge in [0.15, 0.2) is 0 Å². The van der Waals surface area contributed by atoms with Gasteiger partial charge in [0.1, 0.15) is 0 Å². The van der Waals surface area contributed by atoms with E-state index >= 15 is 0 Å². The Hall–Kier alpha value is -1.44. The highest BCUT2D eigenvalue weighted by Crippen LogP contribution is 2.19. The summed E-state index contributed by atoms with van der Waals surface area (Å²) in [5.74, 6) is -0.566. The molecule has 0 unspecified atom stereocenters. The first-order valence-corrected chi connectivity index (χ1v) is 6.80. The van der Waals surface area contributed by atoms with Crippen LogP contribution in [0.4, 0.5) is 0 Å². The molecular formula is C11H16N2O4S. The Balaban J connectivity index is 3.23. The molecule has 0 aliphatic carbocycles. The van der Waals surface area contributed by atoms with E-state index < -0.39 is 16.0 Å².